The summed E-state index contributed by atoms with van der Waals surface area (Å²) in [5.41, 5.74) is 5.00. The average molecular weight is 506 g/mol. The van der Waals surface area contributed by atoms with E-state index in [4.69, 9.17) is 11.6 Å². The van der Waals surface area contributed by atoms with Crippen LogP contribution in [0.15, 0.2) is 72.8 Å². The van der Waals surface area contributed by atoms with E-state index in [1.807, 2.05) is 53.4 Å². The summed E-state index contributed by atoms with van der Waals surface area (Å²) < 4.78 is 0. The van der Waals surface area contributed by atoms with Gasteiger partial charge in [-0.1, -0.05) is 48.0 Å². The lowest BCUT2D eigenvalue weighted by Crippen LogP contribution is -2.27. The van der Waals surface area contributed by atoms with Gasteiger partial charge < -0.3 is 15.1 Å². The van der Waals surface area contributed by atoms with Gasteiger partial charge in [0.25, 0.3) is 5.91 Å². The Kier molecular flexibility index (Phi) is 7.30. The van der Waals surface area contributed by atoms with E-state index < -0.39 is 0 Å². The third-order valence-corrected chi connectivity index (χ3v) is 8.06. The van der Waals surface area contributed by atoms with Crippen LogP contribution in [0.25, 0.3) is 0 Å². The minimum Gasteiger partial charge on any atom is -0.372 e. The fourth-order valence-electron chi connectivity index (χ4n) is 4.57. The van der Waals surface area contributed by atoms with Crippen molar-refractivity contribution in [2.45, 2.75) is 31.3 Å². The maximum Gasteiger partial charge on any atom is 0.251 e. The largest absolute Gasteiger partial charge is 0.372 e. The number of nitrogens with zero attached hydrogens (tertiary/aromatic N) is 2. The predicted octanol–water partition coefficient (Wildman–Crippen LogP) is 5.64. The molecule has 180 valence electrons. The number of amides is 2. The molecule has 0 aromatic heterocycles. The molecule has 2 aliphatic rings. The molecule has 2 saturated heterocycles. The molecule has 3 aromatic rings. The second-order valence-corrected chi connectivity index (χ2v) is 10.5. The molecule has 2 fully saturated rings. The van der Waals surface area contributed by atoms with Crippen LogP contribution in [-0.4, -0.2) is 35.6 Å². The van der Waals surface area contributed by atoms with Crippen molar-refractivity contribution in [2.24, 2.45) is 0 Å². The van der Waals surface area contributed by atoms with Crippen LogP contribution < -0.4 is 10.2 Å². The molecule has 0 bridgehead atoms. The number of hydrogen-bond donors (Lipinski definition) is 1. The molecular formula is C28H28ClN3O2S. The molecule has 0 spiro atoms. The minimum atomic E-state index is -0.103. The molecule has 2 heterocycles. The van der Waals surface area contributed by atoms with Crippen molar-refractivity contribution in [3.05, 3.63) is 100 Å². The Labute approximate surface area is 215 Å². The second-order valence-electron chi connectivity index (χ2n) is 8.98. The standard InChI is InChI=1S/C28H28ClN3O2S/c29-24-11-3-21(4-12-24)18-32-26(33)19-35-28(32)23-9-7-22(8-10-23)27(34)30-17-20-5-13-25(14-6-20)31-15-1-2-16-31/h3-14,28H,1-2,15-19H2,(H,30,34)/t28-/m0/s1. The molecule has 0 radical (unpaired) electrons. The summed E-state index contributed by atoms with van der Waals surface area (Å²) in [5, 5.41) is 3.63. The maximum absolute atomic E-state index is 12.7. The van der Waals surface area contributed by atoms with Gasteiger partial charge in [-0.3, -0.25) is 9.59 Å². The first-order valence-electron chi connectivity index (χ1n) is 11.9. The molecule has 0 saturated carbocycles. The van der Waals surface area contributed by atoms with Crippen LogP contribution in [0.1, 0.15) is 45.3 Å². The van der Waals surface area contributed by atoms with Crippen LogP contribution in [0.3, 0.4) is 0 Å². The van der Waals surface area contributed by atoms with Crippen LogP contribution in [-0.2, 0) is 17.9 Å². The van der Waals surface area contributed by atoms with Gasteiger partial charge in [-0.25, -0.2) is 0 Å². The van der Waals surface area contributed by atoms with Crippen LogP contribution in [0.4, 0.5) is 5.69 Å². The normalized spacial score (nSPS) is 17.7. The fourth-order valence-corrected chi connectivity index (χ4v) is 5.89. The van der Waals surface area contributed by atoms with E-state index in [0.29, 0.717) is 29.4 Å². The van der Waals surface area contributed by atoms with Gasteiger partial charge in [-0.05, 0) is 65.9 Å². The van der Waals surface area contributed by atoms with Crippen LogP contribution in [0.5, 0.6) is 0 Å². The lowest BCUT2D eigenvalue weighted by Gasteiger charge is -2.24. The predicted molar refractivity (Wildman–Crippen MR) is 143 cm³/mol. The Morgan fingerprint density at radius 3 is 2.26 bits per heavy atom. The maximum atomic E-state index is 12.7. The smallest absolute Gasteiger partial charge is 0.251 e. The molecule has 7 heteroatoms. The number of carbonyl (C=O) groups excluding carboxylic acids is 2. The van der Waals surface area contributed by atoms with Gasteiger partial charge in [-0.15, -0.1) is 11.8 Å². The highest BCUT2D eigenvalue weighted by molar-refractivity contribution is 8.00. The van der Waals surface area contributed by atoms with E-state index in [2.05, 4.69) is 34.5 Å². The Balaban J connectivity index is 1.19. The second kappa shape index (κ2) is 10.8. The number of nitrogens with one attached hydrogen (secondary N) is 1. The van der Waals surface area contributed by atoms with Crippen molar-refractivity contribution in [3.8, 4) is 0 Å². The highest BCUT2D eigenvalue weighted by Crippen LogP contribution is 2.39. The van der Waals surface area contributed by atoms with Crippen molar-refractivity contribution in [2.75, 3.05) is 23.7 Å². The monoisotopic (exact) mass is 505 g/mol. The van der Waals surface area contributed by atoms with Crippen LogP contribution in [0.2, 0.25) is 5.02 Å². The van der Waals surface area contributed by atoms with Crippen molar-refractivity contribution in [1.82, 2.24) is 10.2 Å². The van der Waals surface area contributed by atoms with Crippen molar-refractivity contribution < 1.29 is 9.59 Å². The summed E-state index contributed by atoms with van der Waals surface area (Å²) in [7, 11) is 0. The van der Waals surface area contributed by atoms with Crippen LogP contribution in [0, 0.1) is 0 Å². The Bertz CT molecular complexity index is 1180. The number of rotatable bonds is 7. The molecule has 0 aliphatic carbocycles. The van der Waals surface area contributed by atoms with Gasteiger partial charge in [0.15, 0.2) is 0 Å². The van der Waals surface area contributed by atoms with Gasteiger partial charge >= 0.3 is 0 Å². The number of benzene rings is 3. The lowest BCUT2D eigenvalue weighted by atomic mass is 10.1. The first-order valence-corrected chi connectivity index (χ1v) is 13.4. The molecule has 35 heavy (non-hydrogen) atoms. The van der Waals surface area contributed by atoms with Gasteiger partial charge in [-0.2, -0.15) is 0 Å². The summed E-state index contributed by atoms with van der Waals surface area (Å²) in [4.78, 5) is 29.5. The van der Waals surface area contributed by atoms with Crippen molar-refractivity contribution in [3.63, 3.8) is 0 Å². The first-order chi connectivity index (χ1) is 17.1. The fraction of sp³-hybridized carbons (Fsp3) is 0.286. The molecule has 0 unspecified atom stereocenters. The third kappa shape index (κ3) is 5.65. The van der Waals surface area contributed by atoms with Gasteiger partial charge in [0.05, 0.1) is 5.75 Å². The Morgan fingerprint density at radius 1 is 0.914 bits per heavy atom. The number of halogens is 1. The van der Waals surface area contributed by atoms with E-state index >= 15 is 0 Å². The van der Waals surface area contributed by atoms with Crippen molar-refractivity contribution in [1.29, 1.82) is 0 Å². The highest BCUT2D eigenvalue weighted by atomic mass is 35.5. The van der Waals surface area contributed by atoms with E-state index in [9.17, 15) is 9.59 Å². The van der Waals surface area contributed by atoms with E-state index in [-0.39, 0.29) is 17.2 Å². The summed E-state index contributed by atoms with van der Waals surface area (Å²) in [6, 6.07) is 23.6. The SMILES string of the molecule is O=C(NCc1ccc(N2CCCC2)cc1)c1ccc([C@@H]2SCC(=O)N2Cc2ccc(Cl)cc2)cc1. The zero-order valence-electron chi connectivity index (χ0n) is 19.5. The van der Waals surface area contributed by atoms with Crippen molar-refractivity contribution >= 4 is 40.9 Å². The molecule has 5 rings (SSSR count). The summed E-state index contributed by atoms with van der Waals surface area (Å²) in [5.74, 6) is 0.470. The van der Waals surface area contributed by atoms with Gasteiger partial charge in [0.2, 0.25) is 5.91 Å². The zero-order chi connectivity index (χ0) is 24.2. The Morgan fingerprint density at radius 2 is 1.57 bits per heavy atom. The van der Waals surface area contributed by atoms with E-state index in [1.165, 1.54) is 18.5 Å². The number of anilines is 1. The number of thioether (sulfide) groups is 1. The van der Waals surface area contributed by atoms with E-state index in [1.54, 1.807) is 11.8 Å². The number of carbonyl (C=O) groups is 2. The molecular weight excluding hydrogens is 478 g/mol. The topological polar surface area (TPSA) is 52.7 Å². The van der Waals surface area contributed by atoms with Crippen LogP contribution >= 0.6 is 23.4 Å². The summed E-state index contributed by atoms with van der Waals surface area (Å²) in [6.45, 7) is 3.27. The summed E-state index contributed by atoms with van der Waals surface area (Å²) >= 11 is 7.60. The molecule has 5 nitrogen and oxygen atoms in total. The van der Waals surface area contributed by atoms with Gasteiger partial charge in [0.1, 0.15) is 5.37 Å². The highest BCUT2D eigenvalue weighted by Gasteiger charge is 2.32. The lowest BCUT2D eigenvalue weighted by molar-refractivity contribution is -0.128. The zero-order valence-corrected chi connectivity index (χ0v) is 21.0. The molecule has 1 atom stereocenters. The Hall–Kier alpha value is -2.96. The molecule has 2 aliphatic heterocycles. The third-order valence-electron chi connectivity index (χ3n) is 6.55. The first kappa shape index (κ1) is 23.8. The molecule has 2 amide bonds. The minimum absolute atomic E-state index is 0.0654. The quantitative estimate of drug-likeness (QED) is 0.451. The molecule has 3 aromatic carbocycles. The number of hydrogen-bond acceptors (Lipinski definition) is 4. The summed E-state index contributed by atoms with van der Waals surface area (Å²) in [6.07, 6.45) is 2.51. The average Bonchev–Trinajstić information content (AvgIpc) is 3.55. The van der Waals surface area contributed by atoms with E-state index in [0.717, 1.165) is 29.8 Å². The molecule has 1 N–H and O–H groups in total. The van der Waals surface area contributed by atoms with Gasteiger partial charge in [0, 0.05) is 42.5 Å².